The van der Waals surface area contributed by atoms with Crippen LogP contribution in [0.15, 0.2) is 30.5 Å². The van der Waals surface area contributed by atoms with Crippen LogP contribution < -0.4 is 0 Å². The number of hydrogen-bond donors (Lipinski definition) is 1. The minimum atomic E-state index is -0.439. The Balaban J connectivity index is 1.66. The number of para-hydroxylation sites is 1. The predicted molar refractivity (Wildman–Crippen MR) is 95.9 cm³/mol. The standard InChI is InChI=1S/C19H20N4O3/c1-3-26-19(25)17-14-11-23(9-8-16(14)22(2)21-17)18(24)13-10-20-15-7-5-4-6-12(13)15/h4-7,10,20H,3,8-9,11H2,1-2H3. The van der Waals surface area contributed by atoms with E-state index in [1.54, 1.807) is 22.7 Å². The van der Waals surface area contributed by atoms with Crippen LogP contribution in [0.1, 0.15) is 39.0 Å². The van der Waals surface area contributed by atoms with Crippen LogP contribution in [0, 0.1) is 0 Å². The van der Waals surface area contributed by atoms with Crippen molar-refractivity contribution in [2.24, 2.45) is 7.05 Å². The number of aromatic nitrogens is 3. The minimum Gasteiger partial charge on any atom is -0.461 e. The van der Waals surface area contributed by atoms with E-state index in [-0.39, 0.29) is 5.91 Å². The second-order valence-corrected chi connectivity index (χ2v) is 6.34. The lowest BCUT2D eigenvalue weighted by Gasteiger charge is -2.27. The minimum absolute atomic E-state index is 0.0493. The van der Waals surface area contributed by atoms with Crippen LogP contribution in [-0.4, -0.2) is 44.7 Å². The van der Waals surface area contributed by atoms with Gasteiger partial charge in [0.15, 0.2) is 5.69 Å². The first kappa shape index (κ1) is 16.4. The van der Waals surface area contributed by atoms with Crippen LogP contribution in [0.2, 0.25) is 0 Å². The van der Waals surface area contributed by atoms with Crippen molar-refractivity contribution in [1.82, 2.24) is 19.7 Å². The molecule has 0 bridgehead atoms. The van der Waals surface area contributed by atoms with Gasteiger partial charge in [0.1, 0.15) is 0 Å². The van der Waals surface area contributed by atoms with Crippen LogP contribution >= 0.6 is 0 Å². The van der Waals surface area contributed by atoms with Gasteiger partial charge in [-0.2, -0.15) is 5.10 Å². The first-order valence-electron chi connectivity index (χ1n) is 8.67. The number of carbonyl (C=O) groups is 2. The van der Waals surface area contributed by atoms with Crippen molar-refractivity contribution >= 4 is 22.8 Å². The molecule has 1 amide bonds. The topological polar surface area (TPSA) is 80.2 Å². The summed E-state index contributed by atoms with van der Waals surface area (Å²) in [5.74, 6) is -0.488. The van der Waals surface area contributed by atoms with Crippen molar-refractivity contribution in [2.45, 2.75) is 19.9 Å². The van der Waals surface area contributed by atoms with Gasteiger partial charge in [-0.15, -0.1) is 0 Å². The monoisotopic (exact) mass is 352 g/mol. The number of nitrogens with one attached hydrogen (secondary N) is 1. The Morgan fingerprint density at radius 3 is 2.92 bits per heavy atom. The number of benzene rings is 1. The third-order valence-corrected chi connectivity index (χ3v) is 4.82. The van der Waals surface area contributed by atoms with Gasteiger partial charge in [-0.1, -0.05) is 18.2 Å². The molecule has 0 saturated heterocycles. The Morgan fingerprint density at radius 1 is 1.31 bits per heavy atom. The SMILES string of the molecule is CCOC(=O)c1nn(C)c2c1CN(C(=O)c1c[nH]c3ccccc13)CC2. The fraction of sp³-hybridized carbons (Fsp3) is 0.316. The lowest BCUT2D eigenvalue weighted by molar-refractivity contribution is 0.0513. The van der Waals surface area contributed by atoms with Gasteiger partial charge in [0, 0.05) is 48.4 Å². The van der Waals surface area contributed by atoms with E-state index in [2.05, 4.69) is 10.1 Å². The molecule has 1 aromatic carbocycles. The van der Waals surface area contributed by atoms with Crippen LogP contribution in [0.5, 0.6) is 0 Å². The summed E-state index contributed by atoms with van der Waals surface area (Å²) >= 11 is 0. The zero-order chi connectivity index (χ0) is 18.3. The molecular weight excluding hydrogens is 332 g/mol. The highest BCUT2D eigenvalue weighted by molar-refractivity contribution is 6.06. The summed E-state index contributed by atoms with van der Waals surface area (Å²) in [6, 6.07) is 7.73. The molecule has 3 aromatic rings. The number of aromatic amines is 1. The van der Waals surface area contributed by atoms with E-state index < -0.39 is 5.97 Å². The summed E-state index contributed by atoms with van der Waals surface area (Å²) < 4.78 is 6.83. The van der Waals surface area contributed by atoms with Crippen LogP contribution in [0.4, 0.5) is 0 Å². The van der Waals surface area contributed by atoms with E-state index in [1.165, 1.54) is 0 Å². The molecule has 0 spiro atoms. The lowest BCUT2D eigenvalue weighted by Crippen LogP contribution is -2.36. The number of aryl methyl sites for hydroxylation is 1. The zero-order valence-corrected chi connectivity index (χ0v) is 14.8. The number of esters is 1. The second kappa shape index (κ2) is 6.33. The number of ether oxygens (including phenoxy) is 1. The van der Waals surface area contributed by atoms with E-state index >= 15 is 0 Å². The summed E-state index contributed by atoms with van der Waals surface area (Å²) in [7, 11) is 1.82. The highest BCUT2D eigenvalue weighted by atomic mass is 16.5. The highest BCUT2D eigenvalue weighted by Gasteiger charge is 2.30. The van der Waals surface area contributed by atoms with Crippen molar-refractivity contribution < 1.29 is 14.3 Å². The molecule has 0 saturated carbocycles. The van der Waals surface area contributed by atoms with Gasteiger partial charge < -0.3 is 14.6 Å². The Kier molecular flexibility index (Phi) is 3.99. The van der Waals surface area contributed by atoms with Gasteiger partial charge in [-0.05, 0) is 13.0 Å². The zero-order valence-electron chi connectivity index (χ0n) is 14.8. The molecule has 0 aliphatic carbocycles. The maximum Gasteiger partial charge on any atom is 0.359 e. The molecule has 3 heterocycles. The summed E-state index contributed by atoms with van der Waals surface area (Å²) in [6.07, 6.45) is 2.41. The van der Waals surface area contributed by atoms with E-state index in [9.17, 15) is 9.59 Å². The Bertz CT molecular complexity index is 1000. The average Bonchev–Trinajstić information content (AvgIpc) is 3.22. The lowest BCUT2D eigenvalue weighted by atomic mass is 10.0. The second-order valence-electron chi connectivity index (χ2n) is 6.34. The molecule has 7 heteroatoms. The molecular formula is C19H20N4O3. The van der Waals surface area contributed by atoms with Crippen molar-refractivity contribution in [2.75, 3.05) is 13.2 Å². The molecule has 0 atom stereocenters. The molecule has 134 valence electrons. The predicted octanol–water partition coefficient (Wildman–Crippen LogP) is 2.28. The molecule has 1 aliphatic heterocycles. The maximum atomic E-state index is 13.1. The Morgan fingerprint density at radius 2 is 2.12 bits per heavy atom. The van der Waals surface area contributed by atoms with Gasteiger partial charge >= 0.3 is 5.97 Å². The molecule has 4 rings (SSSR count). The summed E-state index contributed by atoms with van der Waals surface area (Å²) in [6.45, 7) is 3.01. The summed E-state index contributed by atoms with van der Waals surface area (Å²) in [5.41, 5.74) is 3.65. The van der Waals surface area contributed by atoms with Crippen molar-refractivity contribution in [3.05, 3.63) is 53.0 Å². The van der Waals surface area contributed by atoms with Crippen molar-refractivity contribution in [3.8, 4) is 0 Å². The summed E-state index contributed by atoms with van der Waals surface area (Å²) in [4.78, 5) is 30.2. The normalized spacial score (nSPS) is 13.7. The molecule has 2 aromatic heterocycles. The molecule has 0 fully saturated rings. The van der Waals surface area contributed by atoms with Crippen LogP contribution in [0.25, 0.3) is 10.9 Å². The van der Waals surface area contributed by atoms with Gasteiger partial charge in [0.05, 0.1) is 18.7 Å². The Labute approximate surface area is 150 Å². The fourth-order valence-electron chi connectivity index (χ4n) is 3.55. The quantitative estimate of drug-likeness (QED) is 0.734. The fourth-order valence-corrected chi connectivity index (χ4v) is 3.55. The highest BCUT2D eigenvalue weighted by Crippen LogP contribution is 2.26. The van der Waals surface area contributed by atoms with E-state index in [4.69, 9.17) is 4.74 Å². The number of rotatable bonds is 3. The first-order valence-corrected chi connectivity index (χ1v) is 8.67. The van der Waals surface area contributed by atoms with E-state index in [0.717, 1.165) is 22.2 Å². The molecule has 0 unspecified atom stereocenters. The number of hydrogen-bond acceptors (Lipinski definition) is 4. The number of carbonyl (C=O) groups excluding carboxylic acids is 2. The third kappa shape index (κ3) is 2.56. The average molecular weight is 352 g/mol. The molecule has 7 nitrogen and oxygen atoms in total. The Hall–Kier alpha value is -3.09. The van der Waals surface area contributed by atoms with Gasteiger partial charge in [-0.3, -0.25) is 9.48 Å². The van der Waals surface area contributed by atoms with E-state index in [1.807, 2.05) is 31.3 Å². The largest absolute Gasteiger partial charge is 0.461 e. The smallest absolute Gasteiger partial charge is 0.359 e. The third-order valence-electron chi connectivity index (χ3n) is 4.82. The number of H-pyrrole nitrogens is 1. The molecule has 1 N–H and O–H groups in total. The van der Waals surface area contributed by atoms with Gasteiger partial charge in [0.2, 0.25) is 0 Å². The number of nitrogens with zero attached hydrogens (tertiary/aromatic N) is 3. The summed E-state index contributed by atoms with van der Waals surface area (Å²) in [5, 5.41) is 5.22. The van der Waals surface area contributed by atoms with Crippen molar-refractivity contribution in [1.29, 1.82) is 0 Å². The first-order chi connectivity index (χ1) is 12.6. The van der Waals surface area contributed by atoms with Gasteiger partial charge in [0.25, 0.3) is 5.91 Å². The van der Waals surface area contributed by atoms with E-state index in [0.29, 0.717) is 37.4 Å². The molecule has 1 aliphatic rings. The molecule has 26 heavy (non-hydrogen) atoms. The maximum absolute atomic E-state index is 13.1. The van der Waals surface area contributed by atoms with Crippen molar-refractivity contribution in [3.63, 3.8) is 0 Å². The van der Waals surface area contributed by atoms with Crippen LogP contribution in [0.3, 0.4) is 0 Å². The molecule has 0 radical (unpaired) electrons. The number of amides is 1. The van der Waals surface area contributed by atoms with Crippen LogP contribution in [-0.2, 0) is 24.8 Å². The number of fused-ring (bicyclic) bond motifs is 2. The van der Waals surface area contributed by atoms with Gasteiger partial charge in [-0.25, -0.2) is 4.79 Å².